The van der Waals surface area contributed by atoms with Crippen molar-refractivity contribution in [3.8, 4) is 0 Å². The van der Waals surface area contributed by atoms with Crippen molar-refractivity contribution in [3.05, 3.63) is 0 Å². The number of nitrogens with one attached hydrogen (secondary N) is 1. The number of hydrogen-bond acceptors (Lipinski definition) is 2. The Morgan fingerprint density at radius 1 is 0.947 bits per heavy atom. The lowest BCUT2D eigenvalue weighted by atomic mass is 9.89. The van der Waals surface area contributed by atoms with Gasteiger partial charge < -0.3 is 10.1 Å². The molecule has 2 heteroatoms. The van der Waals surface area contributed by atoms with Crippen LogP contribution < -0.4 is 5.32 Å². The second-order valence-electron chi connectivity index (χ2n) is 7.76. The van der Waals surface area contributed by atoms with E-state index in [-0.39, 0.29) is 0 Å². The van der Waals surface area contributed by atoms with Crippen LogP contribution in [0.1, 0.15) is 64.2 Å². The van der Waals surface area contributed by atoms with Crippen LogP contribution in [0.5, 0.6) is 0 Å². The summed E-state index contributed by atoms with van der Waals surface area (Å²) in [5.74, 6) is 3.13. The standard InChI is InChI=1S/C17H29NO/c1-2-7-17(6-1)8-5-16(19-17)12-18-11-15-10-13-3-4-14(15)9-13/h13-16,18H,1-12H2. The van der Waals surface area contributed by atoms with Gasteiger partial charge in [0.15, 0.2) is 0 Å². The van der Waals surface area contributed by atoms with E-state index in [1.165, 1.54) is 70.8 Å². The normalized spacial score (nSPS) is 43.6. The third-order valence-electron chi connectivity index (χ3n) is 6.52. The third kappa shape index (κ3) is 2.47. The Kier molecular flexibility index (Phi) is 3.35. The fourth-order valence-corrected chi connectivity index (χ4v) is 5.48. The van der Waals surface area contributed by atoms with E-state index in [9.17, 15) is 0 Å². The Morgan fingerprint density at radius 2 is 1.84 bits per heavy atom. The van der Waals surface area contributed by atoms with Crippen LogP contribution in [0.2, 0.25) is 0 Å². The van der Waals surface area contributed by atoms with Crippen molar-refractivity contribution < 1.29 is 4.74 Å². The maximum Gasteiger partial charge on any atom is 0.0708 e. The molecular weight excluding hydrogens is 234 g/mol. The molecule has 0 amide bonds. The fourth-order valence-electron chi connectivity index (χ4n) is 5.48. The molecule has 1 spiro atoms. The zero-order chi connectivity index (χ0) is 12.7. The molecule has 3 aliphatic carbocycles. The van der Waals surface area contributed by atoms with Gasteiger partial charge >= 0.3 is 0 Å². The highest BCUT2D eigenvalue weighted by atomic mass is 16.5. The SMILES string of the molecule is C1CCC2(C1)CCC(CNCC1CC3CCC1C3)O2. The van der Waals surface area contributed by atoms with E-state index >= 15 is 0 Å². The Balaban J connectivity index is 1.19. The van der Waals surface area contributed by atoms with Crippen LogP contribution in [-0.2, 0) is 4.74 Å². The second-order valence-corrected chi connectivity index (χ2v) is 7.76. The Bertz CT molecular complexity index is 323. The number of fused-ring (bicyclic) bond motifs is 2. The Hall–Kier alpha value is -0.0800. The predicted molar refractivity (Wildman–Crippen MR) is 77.1 cm³/mol. The van der Waals surface area contributed by atoms with E-state index in [4.69, 9.17) is 4.74 Å². The highest BCUT2D eigenvalue weighted by molar-refractivity contribution is 4.94. The summed E-state index contributed by atoms with van der Waals surface area (Å²) in [5, 5.41) is 3.74. The summed E-state index contributed by atoms with van der Waals surface area (Å²) >= 11 is 0. The van der Waals surface area contributed by atoms with Crippen LogP contribution in [0.3, 0.4) is 0 Å². The molecule has 2 bridgehead atoms. The van der Waals surface area contributed by atoms with Gasteiger partial charge in [-0.3, -0.25) is 0 Å². The van der Waals surface area contributed by atoms with E-state index in [1.54, 1.807) is 0 Å². The quantitative estimate of drug-likeness (QED) is 0.838. The molecule has 108 valence electrons. The van der Waals surface area contributed by atoms with Gasteiger partial charge in [0.2, 0.25) is 0 Å². The molecular formula is C17H29NO. The topological polar surface area (TPSA) is 21.3 Å². The Labute approximate surface area is 117 Å². The van der Waals surface area contributed by atoms with Gasteiger partial charge in [-0.05, 0) is 69.2 Å². The molecule has 1 aliphatic heterocycles. The molecule has 4 rings (SSSR count). The van der Waals surface area contributed by atoms with Crippen LogP contribution in [0.25, 0.3) is 0 Å². The third-order valence-corrected chi connectivity index (χ3v) is 6.52. The minimum Gasteiger partial charge on any atom is -0.370 e. The lowest BCUT2D eigenvalue weighted by molar-refractivity contribution is -0.0354. The summed E-state index contributed by atoms with van der Waals surface area (Å²) in [6.45, 7) is 2.36. The Morgan fingerprint density at radius 3 is 2.58 bits per heavy atom. The molecule has 1 N–H and O–H groups in total. The maximum atomic E-state index is 6.37. The van der Waals surface area contributed by atoms with Gasteiger partial charge in [-0.15, -0.1) is 0 Å². The van der Waals surface area contributed by atoms with Gasteiger partial charge in [0.25, 0.3) is 0 Å². The van der Waals surface area contributed by atoms with Crippen molar-refractivity contribution in [1.82, 2.24) is 5.32 Å². The summed E-state index contributed by atoms with van der Waals surface area (Å²) in [6.07, 6.45) is 14.7. The van der Waals surface area contributed by atoms with Gasteiger partial charge in [-0.1, -0.05) is 19.3 Å². The van der Waals surface area contributed by atoms with Crippen LogP contribution in [0.4, 0.5) is 0 Å². The molecule has 0 aromatic rings. The van der Waals surface area contributed by atoms with Gasteiger partial charge in [0.05, 0.1) is 11.7 Å². The molecule has 0 aromatic heterocycles. The second kappa shape index (κ2) is 5.04. The molecule has 3 saturated carbocycles. The molecule has 0 aromatic carbocycles. The zero-order valence-electron chi connectivity index (χ0n) is 12.2. The minimum atomic E-state index is 0.318. The smallest absolute Gasteiger partial charge is 0.0708 e. The van der Waals surface area contributed by atoms with Crippen molar-refractivity contribution >= 4 is 0 Å². The molecule has 2 nitrogen and oxygen atoms in total. The zero-order valence-corrected chi connectivity index (χ0v) is 12.2. The largest absolute Gasteiger partial charge is 0.370 e. The summed E-state index contributed by atoms with van der Waals surface area (Å²) < 4.78 is 6.37. The number of rotatable bonds is 4. The first kappa shape index (κ1) is 12.6. The van der Waals surface area contributed by atoms with Crippen molar-refractivity contribution in [2.75, 3.05) is 13.1 Å². The van der Waals surface area contributed by atoms with Crippen molar-refractivity contribution in [1.29, 1.82) is 0 Å². The summed E-state index contributed by atoms with van der Waals surface area (Å²) in [7, 11) is 0. The summed E-state index contributed by atoms with van der Waals surface area (Å²) in [5.41, 5.74) is 0.318. The summed E-state index contributed by atoms with van der Waals surface area (Å²) in [4.78, 5) is 0. The van der Waals surface area contributed by atoms with Gasteiger partial charge in [-0.25, -0.2) is 0 Å². The monoisotopic (exact) mass is 263 g/mol. The molecule has 4 aliphatic rings. The first-order chi connectivity index (χ1) is 9.33. The predicted octanol–water partition coefficient (Wildman–Crippen LogP) is 3.50. The molecule has 1 saturated heterocycles. The fraction of sp³-hybridized carbons (Fsp3) is 1.00. The van der Waals surface area contributed by atoms with Crippen molar-refractivity contribution in [2.45, 2.75) is 75.9 Å². The van der Waals surface area contributed by atoms with Gasteiger partial charge in [0, 0.05) is 6.54 Å². The van der Waals surface area contributed by atoms with Crippen LogP contribution in [-0.4, -0.2) is 24.8 Å². The van der Waals surface area contributed by atoms with E-state index < -0.39 is 0 Å². The molecule has 0 radical (unpaired) electrons. The molecule has 4 fully saturated rings. The highest BCUT2D eigenvalue weighted by Crippen LogP contribution is 2.48. The minimum absolute atomic E-state index is 0.318. The van der Waals surface area contributed by atoms with E-state index in [2.05, 4.69) is 5.32 Å². The molecule has 4 unspecified atom stereocenters. The van der Waals surface area contributed by atoms with Crippen molar-refractivity contribution in [2.24, 2.45) is 17.8 Å². The van der Waals surface area contributed by atoms with Gasteiger partial charge in [-0.2, -0.15) is 0 Å². The summed E-state index contributed by atoms with van der Waals surface area (Å²) in [6, 6.07) is 0. The average Bonchev–Trinajstić information content (AvgIpc) is 3.17. The van der Waals surface area contributed by atoms with Crippen molar-refractivity contribution in [3.63, 3.8) is 0 Å². The lowest BCUT2D eigenvalue weighted by Gasteiger charge is -2.25. The first-order valence-electron chi connectivity index (χ1n) is 8.72. The number of ether oxygens (including phenoxy) is 1. The lowest BCUT2D eigenvalue weighted by Crippen LogP contribution is -2.34. The molecule has 1 heterocycles. The van der Waals surface area contributed by atoms with E-state index in [0.717, 1.165) is 24.3 Å². The number of hydrogen-bond donors (Lipinski definition) is 1. The van der Waals surface area contributed by atoms with Crippen LogP contribution in [0, 0.1) is 17.8 Å². The molecule has 19 heavy (non-hydrogen) atoms. The first-order valence-corrected chi connectivity index (χ1v) is 8.72. The van der Waals surface area contributed by atoms with E-state index in [0.29, 0.717) is 11.7 Å². The maximum absolute atomic E-state index is 6.37. The van der Waals surface area contributed by atoms with Crippen LogP contribution in [0.15, 0.2) is 0 Å². The van der Waals surface area contributed by atoms with E-state index in [1.807, 2.05) is 0 Å². The van der Waals surface area contributed by atoms with Gasteiger partial charge in [0.1, 0.15) is 0 Å². The van der Waals surface area contributed by atoms with Crippen LogP contribution >= 0.6 is 0 Å². The average molecular weight is 263 g/mol. The molecule has 4 atom stereocenters. The highest BCUT2D eigenvalue weighted by Gasteiger charge is 2.42.